The van der Waals surface area contributed by atoms with E-state index >= 15 is 0 Å². The van der Waals surface area contributed by atoms with E-state index in [1.165, 1.54) is 6.21 Å². The predicted octanol–water partition coefficient (Wildman–Crippen LogP) is 0.552. The topological polar surface area (TPSA) is 49.7 Å². The van der Waals surface area contributed by atoms with Gasteiger partial charge in [0.2, 0.25) is 0 Å². The highest BCUT2D eigenvalue weighted by atomic mass is 16.4. The van der Waals surface area contributed by atoms with Crippen molar-refractivity contribution in [1.82, 2.24) is 0 Å². The number of aliphatic imine (C=N–C) groups is 1. The quantitative estimate of drug-likeness (QED) is 0.546. The maximum absolute atomic E-state index is 9.78. The smallest absolute Gasteiger partial charge is 0.308 e. The van der Waals surface area contributed by atoms with Crippen LogP contribution in [0, 0.1) is 0 Å². The third kappa shape index (κ3) is 5.14. The van der Waals surface area contributed by atoms with Gasteiger partial charge in [-0.15, -0.1) is 0 Å². The zero-order valence-corrected chi connectivity index (χ0v) is 4.79. The molecule has 0 spiro atoms. The minimum absolute atomic E-state index is 0.0356. The molecule has 0 bridgehead atoms. The van der Waals surface area contributed by atoms with Crippen LogP contribution in [0.25, 0.3) is 0 Å². The molecule has 0 heterocycles. The van der Waals surface area contributed by atoms with Gasteiger partial charge in [0.15, 0.2) is 0 Å². The van der Waals surface area contributed by atoms with Crippen molar-refractivity contribution < 1.29 is 9.90 Å². The van der Waals surface area contributed by atoms with E-state index in [2.05, 4.69) is 4.99 Å². The summed E-state index contributed by atoms with van der Waals surface area (Å²) in [6.07, 6.45) is 1.44. The minimum atomic E-state index is -0.831. The molecule has 0 radical (unpaired) electrons. The maximum atomic E-state index is 9.78. The Morgan fingerprint density at radius 3 is 2.88 bits per heavy atom. The van der Waals surface area contributed by atoms with Gasteiger partial charge in [-0.25, -0.2) is 0 Å². The zero-order chi connectivity index (χ0) is 6.41. The Morgan fingerprint density at radius 1 is 1.88 bits per heavy atom. The van der Waals surface area contributed by atoms with Crippen LogP contribution in [0.3, 0.4) is 0 Å². The number of nitrogens with zero attached hydrogens (tertiary/aromatic N) is 1. The summed E-state index contributed by atoms with van der Waals surface area (Å²) >= 11 is 0. The molecule has 3 heteroatoms. The molecule has 46 valence electrons. The first-order valence-electron chi connectivity index (χ1n) is 2.47. The average molecular weight is 115 g/mol. The van der Waals surface area contributed by atoms with Crippen molar-refractivity contribution in [2.75, 3.05) is 6.54 Å². The molecule has 0 atom stereocenters. The molecule has 0 amide bonds. The number of aliphatic carboxylic acids is 1. The first-order valence-corrected chi connectivity index (χ1v) is 2.47. The number of rotatable bonds is 3. The molecular weight excluding hydrogens is 106 g/mol. The largest absolute Gasteiger partial charge is 0.481 e. The summed E-state index contributed by atoms with van der Waals surface area (Å²) in [6, 6.07) is 0. The Kier molecular flexibility index (Phi) is 3.84. The number of hydrogen-bond donors (Lipinski definition) is 1. The summed E-state index contributed by atoms with van der Waals surface area (Å²) in [7, 11) is 0. The highest BCUT2D eigenvalue weighted by Crippen LogP contribution is 1.72. The van der Waals surface area contributed by atoms with Gasteiger partial charge >= 0.3 is 5.97 Å². The summed E-state index contributed by atoms with van der Waals surface area (Å²) in [6.45, 7) is 2.52. The van der Waals surface area contributed by atoms with Crippen LogP contribution in [0.5, 0.6) is 0 Å². The fourth-order valence-electron chi connectivity index (χ4n) is 0.272. The molecule has 0 aliphatic carbocycles. The molecule has 0 aliphatic rings. The molecule has 0 saturated carbocycles. The molecule has 0 fully saturated rings. The Hall–Kier alpha value is -0.860. The molecule has 0 aromatic rings. The Morgan fingerprint density at radius 2 is 2.50 bits per heavy atom. The van der Waals surface area contributed by atoms with E-state index < -0.39 is 5.97 Å². The molecule has 0 saturated heterocycles. The van der Waals surface area contributed by atoms with Crippen molar-refractivity contribution in [2.24, 2.45) is 4.99 Å². The van der Waals surface area contributed by atoms with Crippen molar-refractivity contribution in [2.45, 2.75) is 13.3 Å². The molecular formula is C5H9NO2. The molecule has 3 nitrogen and oxygen atoms in total. The standard InChI is InChI=1S/C5H9NO2/c1-2-6-4-3-5(7)8/h4H,2-3H2,1H3,(H,7,8). The normalized spacial score (nSPS) is 10.1. The lowest BCUT2D eigenvalue weighted by Crippen LogP contribution is -1.94. The van der Waals surface area contributed by atoms with Crippen molar-refractivity contribution in [3.05, 3.63) is 0 Å². The van der Waals surface area contributed by atoms with E-state index in [-0.39, 0.29) is 6.42 Å². The number of carboxylic acid groups (broad SMARTS) is 1. The van der Waals surface area contributed by atoms with Gasteiger partial charge in [0.05, 0.1) is 6.42 Å². The summed E-state index contributed by atoms with van der Waals surface area (Å²) in [5.41, 5.74) is 0. The second kappa shape index (κ2) is 4.30. The fraction of sp³-hybridized carbons (Fsp3) is 0.600. The van der Waals surface area contributed by atoms with Crippen LogP contribution < -0.4 is 0 Å². The lowest BCUT2D eigenvalue weighted by Gasteiger charge is -1.80. The predicted molar refractivity (Wildman–Crippen MR) is 31.3 cm³/mol. The third-order valence-corrected chi connectivity index (χ3v) is 0.578. The first-order chi connectivity index (χ1) is 3.77. The average Bonchev–Trinajstić information content (AvgIpc) is 1.66. The van der Waals surface area contributed by atoms with E-state index in [0.29, 0.717) is 6.54 Å². The summed E-state index contributed by atoms with van der Waals surface area (Å²) in [5.74, 6) is -0.831. The van der Waals surface area contributed by atoms with Crippen LogP contribution in [0.2, 0.25) is 0 Å². The number of carboxylic acids is 1. The van der Waals surface area contributed by atoms with Gasteiger partial charge in [-0.1, -0.05) is 0 Å². The Balaban J connectivity index is 3.16. The summed E-state index contributed by atoms with van der Waals surface area (Å²) in [5, 5.41) is 8.05. The molecule has 8 heavy (non-hydrogen) atoms. The van der Waals surface area contributed by atoms with Crippen molar-refractivity contribution in [3.8, 4) is 0 Å². The molecule has 0 aromatic heterocycles. The number of carbonyl (C=O) groups is 1. The van der Waals surface area contributed by atoms with Crippen LogP contribution >= 0.6 is 0 Å². The van der Waals surface area contributed by atoms with Gasteiger partial charge < -0.3 is 5.11 Å². The van der Waals surface area contributed by atoms with E-state index in [4.69, 9.17) is 5.11 Å². The van der Waals surface area contributed by atoms with E-state index in [1.807, 2.05) is 6.92 Å². The highest BCUT2D eigenvalue weighted by molar-refractivity contribution is 5.84. The Bertz CT molecular complexity index is 98.6. The molecule has 0 aromatic carbocycles. The van der Waals surface area contributed by atoms with Crippen molar-refractivity contribution >= 4 is 12.2 Å². The van der Waals surface area contributed by atoms with Gasteiger partial charge in [-0.2, -0.15) is 0 Å². The third-order valence-electron chi connectivity index (χ3n) is 0.578. The SMILES string of the molecule is CCN=CCC(=O)O. The fourth-order valence-corrected chi connectivity index (χ4v) is 0.272. The van der Waals surface area contributed by atoms with Gasteiger partial charge in [-0.3, -0.25) is 9.79 Å². The first kappa shape index (κ1) is 7.14. The molecule has 0 unspecified atom stereocenters. The minimum Gasteiger partial charge on any atom is -0.481 e. The summed E-state index contributed by atoms with van der Waals surface area (Å²) in [4.78, 5) is 13.5. The van der Waals surface area contributed by atoms with E-state index in [0.717, 1.165) is 0 Å². The van der Waals surface area contributed by atoms with Crippen molar-refractivity contribution in [1.29, 1.82) is 0 Å². The van der Waals surface area contributed by atoms with Gasteiger partial charge in [-0.05, 0) is 6.92 Å². The zero-order valence-electron chi connectivity index (χ0n) is 4.79. The monoisotopic (exact) mass is 115 g/mol. The lowest BCUT2D eigenvalue weighted by atomic mass is 10.5. The van der Waals surface area contributed by atoms with Gasteiger partial charge in [0, 0.05) is 12.8 Å². The van der Waals surface area contributed by atoms with Gasteiger partial charge in [0.1, 0.15) is 0 Å². The van der Waals surface area contributed by atoms with Crippen LogP contribution in [0.1, 0.15) is 13.3 Å². The molecule has 0 rings (SSSR count). The number of hydrogen-bond acceptors (Lipinski definition) is 2. The lowest BCUT2D eigenvalue weighted by molar-refractivity contribution is -0.135. The van der Waals surface area contributed by atoms with Crippen LogP contribution in [0.15, 0.2) is 4.99 Å². The van der Waals surface area contributed by atoms with Crippen LogP contribution in [-0.2, 0) is 4.79 Å². The second-order valence-corrected chi connectivity index (χ2v) is 1.28. The van der Waals surface area contributed by atoms with E-state index in [9.17, 15) is 4.79 Å². The Labute approximate surface area is 48.1 Å². The summed E-state index contributed by atoms with van der Waals surface area (Å²) < 4.78 is 0. The van der Waals surface area contributed by atoms with Gasteiger partial charge in [0.25, 0.3) is 0 Å². The van der Waals surface area contributed by atoms with E-state index in [1.54, 1.807) is 0 Å². The molecule has 1 N–H and O–H groups in total. The van der Waals surface area contributed by atoms with Crippen LogP contribution in [0.4, 0.5) is 0 Å². The van der Waals surface area contributed by atoms with Crippen molar-refractivity contribution in [3.63, 3.8) is 0 Å². The molecule has 0 aliphatic heterocycles. The maximum Gasteiger partial charge on any atom is 0.308 e. The second-order valence-electron chi connectivity index (χ2n) is 1.28. The van der Waals surface area contributed by atoms with Crippen LogP contribution in [-0.4, -0.2) is 23.8 Å². The highest BCUT2D eigenvalue weighted by Gasteiger charge is 1.87.